The van der Waals surface area contributed by atoms with Gasteiger partial charge in [-0.1, -0.05) is 0 Å². The van der Waals surface area contributed by atoms with Gasteiger partial charge in [0.05, 0.1) is 6.54 Å². The van der Waals surface area contributed by atoms with Crippen LogP contribution in [0.3, 0.4) is 0 Å². The predicted molar refractivity (Wildman–Crippen MR) is 61.4 cm³/mol. The highest BCUT2D eigenvalue weighted by Gasteiger charge is 2.40. The van der Waals surface area contributed by atoms with Gasteiger partial charge in [0.1, 0.15) is 0 Å². The second kappa shape index (κ2) is 6.44. The lowest BCUT2D eigenvalue weighted by molar-refractivity contribution is -0.123. The summed E-state index contributed by atoms with van der Waals surface area (Å²) >= 11 is 0. The number of carbonyl (C=O) groups is 1. The predicted octanol–water partition coefficient (Wildman–Crippen LogP) is 2.32. The van der Waals surface area contributed by atoms with E-state index in [2.05, 4.69) is 0 Å². The van der Waals surface area contributed by atoms with Crippen LogP contribution in [-0.2, 0) is 0 Å². The van der Waals surface area contributed by atoms with Crippen molar-refractivity contribution < 1.29 is 22.4 Å². The number of nitrogens with two attached hydrogens (primary N) is 1. The molecule has 0 aliphatic carbocycles. The molecule has 1 amide bonds. The fraction of sp³-hybridized carbons (Fsp3) is 0.300. The Balaban J connectivity index is 0.00000289. The van der Waals surface area contributed by atoms with Crippen molar-refractivity contribution in [3.63, 3.8) is 0 Å². The van der Waals surface area contributed by atoms with Gasteiger partial charge in [0, 0.05) is 11.3 Å². The summed E-state index contributed by atoms with van der Waals surface area (Å²) in [5.41, 5.74) is 5.83. The largest absolute Gasteiger partial charge is 0.399 e. The number of nitrogens with one attached hydrogen (secondary N) is 1. The van der Waals surface area contributed by atoms with Crippen molar-refractivity contribution in [2.45, 2.75) is 12.3 Å². The number of carbonyl (C=O) groups excluding carboxylic acids is 1. The average molecular weight is 287 g/mol. The van der Waals surface area contributed by atoms with Crippen molar-refractivity contribution in [2.24, 2.45) is 0 Å². The van der Waals surface area contributed by atoms with Crippen molar-refractivity contribution in [1.29, 1.82) is 0 Å². The van der Waals surface area contributed by atoms with Gasteiger partial charge in [0.2, 0.25) is 0 Å². The number of halogens is 5. The van der Waals surface area contributed by atoms with Crippen LogP contribution in [0.2, 0.25) is 0 Å². The zero-order valence-electron chi connectivity index (χ0n) is 9.00. The van der Waals surface area contributed by atoms with Crippen LogP contribution in [0.1, 0.15) is 10.4 Å². The number of benzene rings is 1. The van der Waals surface area contributed by atoms with E-state index in [1.807, 2.05) is 0 Å². The molecule has 1 aromatic carbocycles. The maximum Gasteiger partial charge on any atom is 0.324 e. The SMILES string of the molecule is Cl.Nc1ccc(C(=O)NCC(F)(F)C(F)F)cc1. The lowest BCUT2D eigenvalue weighted by Crippen LogP contribution is -2.41. The number of anilines is 1. The standard InChI is InChI=1S/C10H10F4N2O.ClH/c11-9(12)10(13,14)5-16-8(17)6-1-3-7(15)4-2-6;/h1-4,9H,5,15H2,(H,16,17);1H. The van der Waals surface area contributed by atoms with Gasteiger partial charge in [-0.15, -0.1) is 12.4 Å². The molecule has 0 unspecified atom stereocenters. The number of hydrogen-bond donors (Lipinski definition) is 2. The highest BCUT2D eigenvalue weighted by molar-refractivity contribution is 5.94. The Labute approximate surface area is 107 Å². The molecule has 0 aliphatic rings. The molecule has 0 saturated carbocycles. The summed E-state index contributed by atoms with van der Waals surface area (Å²) in [6.45, 7) is -1.41. The number of hydrogen-bond acceptors (Lipinski definition) is 2. The Morgan fingerprint density at radius 1 is 1.28 bits per heavy atom. The molecule has 102 valence electrons. The summed E-state index contributed by atoms with van der Waals surface area (Å²) in [5.74, 6) is -5.09. The van der Waals surface area contributed by atoms with Gasteiger partial charge < -0.3 is 11.1 Å². The Morgan fingerprint density at radius 2 is 1.78 bits per heavy atom. The van der Waals surface area contributed by atoms with E-state index in [1.54, 1.807) is 5.32 Å². The first-order valence-corrected chi connectivity index (χ1v) is 4.62. The van der Waals surface area contributed by atoms with Gasteiger partial charge >= 0.3 is 12.3 Å². The van der Waals surface area contributed by atoms with E-state index in [-0.39, 0.29) is 18.0 Å². The van der Waals surface area contributed by atoms with E-state index in [1.165, 1.54) is 24.3 Å². The minimum atomic E-state index is -4.23. The number of rotatable bonds is 4. The van der Waals surface area contributed by atoms with Crippen LogP contribution in [0, 0.1) is 0 Å². The summed E-state index contributed by atoms with van der Waals surface area (Å²) in [7, 11) is 0. The molecular formula is C10H11ClF4N2O. The molecule has 0 atom stereocenters. The van der Waals surface area contributed by atoms with Crippen LogP contribution < -0.4 is 11.1 Å². The van der Waals surface area contributed by atoms with Gasteiger partial charge in [0.25, 0.3) is 5.91 Å². The van der Waals surface area contributed by atoms with Crippen molar-refractivity contribution in [3.8, 4) is 0 Å². The van der Waals surface area contributed by atoms with Gasteiger partial charge in [0.15, 0.2) is 0 Å². The number of alkyl halides is 4. The number of amides is 1. The molecule has 1 aromatic rings. The molecule has 0 bridgehead atoms. The lowest BCUT2D eigenvalue weighted by atomic mass is 10.2. The summed E-state index contributed by atoms with van der Waals surface area (Å²) in [4.78, 5) is 11.3. The summed E-state index contributed by atoms with van der Waals surface area (Å²) < 4.78 is 48.6. The normalized spacial score (nSPS) is 10.9. The topological polar surface area (TPSA) is 55.1 Å². The molecule has 0 heterocycles. The van der Waals surface area contributed by atoms with Crippen molar-refractivity contribution in [3.05, 3.63) is 29.8 Å². The van der Waals surface area contributed by atoms with Gasteiger partial charge in [-0.3, -0.25) is 4.79 Å². The second-order valence-corrected chi connectivity index (χ2v) is 3.37. The van der Waals surface area contributed by atoms with Gasteiger partial charge in [-0.25, -0.2) is 8.78 Å². The second-order valence-electron chi connectivity index (χ2n) is 3.37. The fourth-order valence-corrected chi connectivity index (χ4v) is 1.01. The maximum absolute atomic E-state index is 12.5. The lowest BCUT2D eigenvalue weighted by Gasteiger charge is -2.15. The smallest absolute Gasteiger partial charge is 0.324 e. The monoisotopic (exact) mass is 286 g/mol. The zero-order valence-corrected chi connectivity index (χ0v) is 9.82. The van der Waals surface area contributed by atoms with Gasteiger partial charge in [-0.05, 0) is 24.3 Å². The van der Waals surface area contributed by atoms with E-state index >= 15 is 0 Å². The molecule has 0 saturated heterocycles. The molecule has 18 heavy (non-hydrogen) atoms. The third-order valence-electron chi connectivity index (χ3n) is 1.98. The molecule has 0 spiro atoms. The van der Waals surface area contributed by atoms with Gasteiger partial charge in [-0.2, -0.15) is 8.78 Å². The Kier molecular flexibility index (Phi) is 5.90. The minimum absolute atomic E-state index is 0. The van der Waals surface area contributed by atoms with Crippen LogP contribution in [0.15, 0.2) is 24.3 Å². The van der Waals surface area contributed by atoms with E-state index in [9.17, 15) is 22.4 Å². The first-order valence-electron chi connectivity index (χ1n) is 4.62. The molecule has 0 aromatic heterocycles. The van der Waals surface area contributed by atoms with E-state index in [0.29, 0.717) is 5.69 Å². The van der Waals surface area contributed by atoms with Crippen molar-refractivity contribution in [1.82, 2.24) is 5.32 Å². The molecule has 0 radical (unpaired) electrons. The Morgan fingerprint density at radius 3 is 2.22 bits per heavy atom. The van der Waals surface area contributed by atoms with E-state index in [4.69, 9.17) is 5.73 Å². The molecule has 8 heteroatoms. The van der Waals surface area contributed by atoms with Crippen LogP contribution in [0.4, 0.5) is 23.2 Å². The average Bonchev–Trinajstić information content (AvgIpc) is 2.27. The van der Waals surface area contributed by atoms with Crippen LogP contribution in [0.5, 0.6) is 0 Å². The third kappa shape index (κ3) is 4.40. The molecule has 1 rings (SSSR count). The first-order chi connectivity index (χ1) is 7.83. The highest BCUT2D eigenvalue weighted by Crippen LogP contribution is 2.21. The van der Waals surface area contributed by atoms with Crippen LogP contribution >= 0.6 is 12.4 Å². The maximum atomic E-state index is 12.5. The number of nitrogen functional groups attached to an aromatic ring is 1. The Bertz CT molecular complexity index is 397. The van der Waals surface area contributed by atoms with Crippen molar-refractivity contribution in [2.75, 3.05) is 12.3 Å². The summed E-state index contributed by atoms with van der Waals surface area (Å²) in [6, 6.07) is 5.43. The van der Waals surface area contributed by atoms with Crippen LogP contribution in [0.25, 0.3) is 0 Å². The van der Waals surface area contributed by atoms with Crippen LogP contribution in [-0.4, -0.2) is 24.8 Å². The van der Waals surface area contributed by atoms with Crippen molar-refractivity contribution >= 4 is 24.0 Å². The van der Waals surface area contributed by atoms with E-state index < -0.39 is 24.8 Å². The molecular weight excluding hydrogens is 276 g/mol. The molecule has 3 N–H and O–H groups in total. The molecule has 0 aliphatic heterocycles. The highest BCUT2D eigenvalue weighted by atomic mass is 35.5. The quantitative estimate of drug-likeness (QED) is 0.659. The zero-order chi connectivity index (χ0) is 13.1. The summed E-state index contributed by atoms with van der Waals surface area (Å²) in [6.07, 6.45) is -3.81. The third-order valence-corrected chi connectivity index (χ3v) is 1.98. The first kappa shape index (κ1) is 16.5. The summed E-state index contributed by atoms with van der Waals surface area (Å²) in [5, 5.41) is 1.73. The molecule has 0 fully saturated rings. The minimum Gasteiger partial charge on any atom is -0.399 e. The Hall–Kier alpha value is -1.50. The molecule has 3 nitrogen and oxygen atoms in total. The fourth-order valence-electron chi connectivity index (χ4n) is 1.01. The van der Waals surface area contributed by atoms with E-state index in [0.717, 1.165) is 0 Å².